The second kappa shape index (κ2) is 7.92. The largest absolute Gasteiger partial charge is 0.493 e. The lowest BCUT2D eigenvalue weighted by molar-refractivity contribution is 0.192. The topological polar surface area (TPSA) is 68.6 Å². The van der Waals surface area contributed by atoms with E-state index in [4.69, 9.17) is 9.47 Å². The predicted octanol–water partition coefficient (Wildman–Crippen LogP) is 2.06. The zero-order valence-electron chi connectivity index (χ0n) is 14.7. The smallest absolute Gasteiger partial charge is 0.317 e. The van der Waals surface area contributed by atoms with Crippen molar-refractivity contribution < 1.29 is 14.3 Å². The minimum Gasteiger partial charge on any atom is -0.493 e. The maximum absolute atomic E-state index is 12.4. The van der Waals surface area contributed by atoms with Gasteiger partial charge in [0.1, 0.15) is 0 Å². The van der Waals surface area contributed by atoms with Crippen LogP contribution in [0.1, 0.15) is 17.5 Å². The summed E-state index contributed by atoms with van der Waals surface area (Å²) < 4.78 is 12.6. The molecule has 1 N–H and O–H groups in total. The van der Waals surface area contributed by atoms with Gasteiger partial charge in [-0.25, -0.2) is 4.79 Å². The standard InChI is InChI=1S/C18H24N4O3/c1-24-16-11-14-5-10-21(13-15(14)12-17(16)25-2)18(23)19-6-3-8-22-9-4-7-20-22/h4,7,9,11-12H,3,5-6,8,10,13H2,1-2H3,(H,19,23). The first-order valence-corrected chi connectivity index (χ1v) is 8.45. The third kappa shape index (κ3) is 4.04. The zero-order chi connectivity index (χ0) is 17.6. The number of hydrogen-bond acceptors (Lipinski definition) is 4. The summed E-state index contributed by atoms with van der Waals surface area (Å²) in [5.74, 6) is 1.43. The molecular formula is C18H24N4O3. The van der Waals surface area contributed by atoms with Gasteiger partial charge in [-0.2, -0.15) is 5.10 Å². The maximum atomic E-state index is 12.4. The van der Waals surface area contributed by atoms with E-state index in [2.05, 4.69) is 10.4 Å². The van der Waals surface area contributed by atoms with Gasteiger partial charge in [-0.1, -0.05) is 0 Å². The van der Waals surface area contributed by atoms with Crippen LogP contribution in [0.2, 0.25) is 0 Å². The molecule has 134 valence electrons. The van der Waals surface area contributed by atoms with Crippen molar-refractivity contribution in [3.63, 3.8) is 0 Å². The molecule has 0 radical (unpaired) electrons. The molecule has 0 aliphatic carbocycles. The molecule has 0 saturated heterocycles. The highest BCUT2D eigenvalue weighted by Gasteiger charge is 2.22. The molecule has 2 heterocycles. The van der Waals surface area contributed by atoms with E-state index in [0.29, 0.717) is 25.4 Å². The quantitative estimate of drug-likeness (QED) is 0.815. The SMILES string of the molecule is COc1cc2c(cc1OC)CN(C(=O)NCCCn1cccn1)CC2. The van der Waals surface area contributed by atoms with Crippen LogP contribution in [0, 0.1) is 0 Å². The lowest BCUT2D eigenvalue weighted by Crippen LogP contribution is -2.43. The summed E-state index contributed by atoms with van der Waals surface area (Å²) in [7, 11) is 3.26. The third-order valence-electron chi connectivity index (χ3n) is 4.40. The highest BCUT2D eigenvalue weighted by atomic mass is 16.5. The van der Waals surface area contributed by atoms with Crippen molar-refractivity contribution in [3.05, 3.63) is 41.7 Å². The number of nitrogens with one attached hydrogen (secondary N) is 1. The molecule has 0 spiro atoms. The number of benzene rings is 1. The minimum absolute atomic E-state index is 0.0269. The van der Waals surface area contributed by atoms with Crippen molar-refractivity contribution in [1.82, 2.24) is 20.0 Å². The van der Waals surface area contributed by atoms with Crippen LogP contribution >= 0.6 is 0 Å². The van der Waals surface area contributed by atoms with Crippen LogP contribution < -0.4 is 14.8 Å². The highest BCUT2D eigenvalue weighted by Crippen LogP contribution is 2.33. The number of aryl methyl sites for hydroxylation is 1. The molecule has 2 aromatic rings. The van der Waals surface area contributed by atoms with Crippen molar-refractivity contribution in [2.45, 2.75) is 25.9 Å². The van der Waals surface area contributed by atoms with Gasteiger partial charge < -0.3 is 19.7 Å². The van der Waals surface area contributed by atoms with E-state index < -0.39 is 0 Å². The molecule has 0 atom stereocenters. The zero-order valence-corrected chi connectivity index (χ0v) is 14.7. The molecule has 7 heteroatoms. The molecule has 3 rings (SSSR count). The van der Waals surface area contributed by atoms with Crippen LogP contribution in [-0.4, -0.2) is 48.0 Å². The number of hydrogen-bond donors (Lipinski definition) is 1. The van der Waals surface area contributed by atoms with E-state index in [1.165, 1.54) is 5.56 Å². The summed E-state index contributed by atoms with van der Waals surface area (Å²) in [6.07, 6.45) is 5.34. The Morgan fingerprint density at radius 1 is 1.24 bits per heavy atom. The average molecular weight is 344 g/mol. The van der Waals surface area contributed by atoms with Crippen molar-refractivity contribution >= 4 is 6.03 Å². The normalized spacial score (nSPS) is 13.3. The number of fused-ring (bicyclic) bond motifs is 1. The summed E-state index contributed by atoms with van der Waals surface area (Å²) >= 11 is 0. The van der Waals surface area contributed by atoms with E-state index in [1.54, 1.807) is 20.4 Å². The number of ether oxygens (including phenoxy) is 2. The second-order valence-corrected chi connectivity index (χ2v) is 6.00. The van der Waals surface area contributed by atoms with E-state index >= 15 is 0 Å². The molecule has 0 saturated carbocycles. The van der Waals surface area contributed by atoms with Crippen LogP contribution in [-0.2, 0) is 19.5 Å². The fraction of sp³-hybridized carbons (Fsp3) is 0.444. The molecule has 0 fully saturated rings. The second-order valence-electron chi connectivity index (χ2n) is 6.00. The number of carbonyl (C=O) groups is 1. The van der Waals surface area contributed by atoms with Crippen LogP contribution in [0.5, 0.6) is 11.5 Å². The Balaban J connectivity index is 1.53. The molecule has 1 aromatic heterocycles. The van der Waals surface area contributed by atoms with E-state index in [9.17, 15) is 4.79 Å². The lowest BCUT2D eigenvalue weighted by atomic mass is 9.99. The van der Waals surface area contributed by atoms with Gasteiger partial charge >= 0.3 is 6.03 Å². The fourth-order valence-corrected chi connectivity index (χ4v) is 3.04. The van der Waals surface area contributed by atoms with Crippen LogP contribution in [0.15, 0.2) is 30.6 Å². The summed E-state index contributed by atoms with van der Waals surface area (Å²) in [5.41, 5.74) is 2.32. The molecule has 7 nitrogen and oxygen atoms in total. The number of methoxy groups -OCH3 is 2. The summed E-state index contributed by atoms with van der Waals surface area (Å²) in [6, 6.07) is 5.84. The number of nitrogens with zero attached hydrogens (tertiary/aromatic N) is 3. The predicted molar refractivity (Wildman–Crippen MR) is 93.9 cm³/mol. The first-order valence-electron chi connectivity index (χ1n) is 8.45. The summed E-state index contributed by atoms with van der Waals surface area (Å²) in [6.45, 7) is 2.72. The third-order valence-corrected chi connectivity index (χ3v) is 4.40. The van der Waals surface area contributed by atoms with E-state index in [-0.39, 0.29) is 6.03 Å². The molecule has 2 amide bonds. The Bertz CT molecular complexity index is 715. The summed E-state index contributed by atoms with van der Waals surface area (Å²) in [4.78, 5) is 14.2. The summed E-state index contributed by atoms with van der Waals surface area (Å²) in [5, 5.41) is 7.14. The maximum Gasteiger partial charge on any atom is 0.317 e. The number of urea groups is 1. The van der Waals surface area contributed by atoms with Crippen LogP contribution in [0.4, 0.5) is 4.79 Å². The molecule has 0 unspecified atom stereocenters. The van der Waals surface area contributed by atoms with Gasteiger partial charge in [-0.3, -0.25) is 4.68 Å². The highest BCUT2D eigenvalue weighted by molar-refractivity contribution is 5.74. The van der Waals surface area contributed by atoms with Gasteiger partial charge in [0.15, 0.2) is 11.5 Å². The van der Waals surface area contributed by atoms with Crippen LogP contribution in [0.3, 0.4) is 0 Å². The first kappa shape index (κ1) is 17.1. The van der Waals surface area contributed by atoms with Crippen molar-refractivity contribution in [1.29, 1.82) is 0 Å². The number of aromatic nitrogens is 2. The van der Waals surface area contributed by atoms with E-state index in [1.807, 2.05) is 34.0 Å². The minimum atomic E-state index is -0.0269. The van der Waals surface area contributed by atoms with Crippen molar-refractivity contribution in [2.75, 3.05) is 27.3 Å². The molecule has 1 aromatic carbocycles. The Hall–Kier alpha value is -2.70. The first-order chi connectivity index (χ1) is 12.2. The van der Waals surface area contributed by atoms with Gasteiger partial charge in [-0.05, 0) is 42.2 Å². The molecular weight excluding hydrogens is 320 g/mol. The van der Waals surface area contributed by atoms with Gasteiger partial charge in [0.25, 0.3) is 0 Å². The number of amides is 2. The molecule has 1 aliphatic rings. The van der Waals surface area contributed by atoms with Gasteiger partial charge in [-0.15, -0.1) is 0 Å². The average Bonchev–Trinajstić information content (AvgIpc) is 3.16. The monoisotopic (exact) mass is 344 g/mol. The molecule has 0 bridgehead atoms. The lowest BCUT2D eigenvalue weighted by Gasteiger charge is -2.29. The Morgan fingerprint density at radius 2 is 2.00 bits per heavy atom. The Kier molecular flexibility index (Phi) is 5.42. The van der Waals surface area contributed by atoms with Gasteiger partial charge in [0, 0.05) is 38.6 Å². The fourth-order valence-electron chi connectivity index (χ4n) is 3.04. The Morgan fingerprint density at radius 3 is 2.68 bits per heavy atom. The Labute approximate surface area is 147 Å². The van der Waals surface area contributed by atoms with Crippen LogP contribution in [0.25, 0.3) is 0 Å². The molecule has 25 heavy (non-hydrogen) atoms. The number of carbonyl (C=O) groups excluding carboxylic acids is 1. The number of rotatable bonds is 6. The van der Waals surface area contributed by atoms with Crippen molar-refractivity contribution in [3.8, 4) is 11.5 Å². The van der Waals surface area contributed by atoms with E-state index in [0.717, 1.165) is 30.7 Å². The molecule has 1 aliphatic heterocycles. The van der Waals surface area contributed by atoms with Gasteiger partial charge in [0.05, 0.1) is 14.2 Å². The van der Waals surface area contributed by atoms with Crippen molar-refractivity contribution in [2.24, 2.45) is 0 Å². The van der Waals surface area contributed by atoms with Gasteiger partial charge in [0.2, 0.25) is 0 Å².